The molecule has 1 aromatic heterocycles. The fourth-order valence-electron chi connectivity index (χ4n) is 4.84. The molecule has 0 saturated carbocycles. The number of rotatable bonds is 5. The topological polar surface area (TPSA) is 67.2 Å². The van der Waals surface area contributed by atoms with Crippen LogP contribution in [0.2, 0.25) is 0 Å². The predicted molar refractivity (Wildman–Crippen MR) is 122 cm³/mol. The van der Waals surface area contributed by atoms with Crippen molar-refractivity contribution >= 4 is 15.7 Å². The van der Waals surface area contributed by atoms with Gasteiger partial charge in [-0.3, -0.25) is 0 Å². The monoisotopic (exact) mass is 436 g/mol. The summed E-state index contributed by atoms with van der Waals surface area (Å²) < 4.78 is 29.7. The SMILES string of the molecule is Cn1cnc(S(=O)(=O)N2C[C@H](Nc3ccc4c(c3)CCCC4)[C@@H](c3ccccc3)C2)c1. The van der Waals surface area contributed by atoms with E-state index in [1.54, 1.807) is 22.1 Å². The van der Waals surface area contributed by atoms with Gasteiger partial charge in [0.1, 0.15) is 0 Å². The Morgan fingerprint density at radius 2 is 1.77 bits per heavy atom. The Balaban J connectivity index is 1.44. The second-order valence-corrected chi connectivity index (χ2v) is 10.5. The number of anilines is 1. The lowest BCUT2D eigenvalue weighted by Gasteiger charge is -2.23. The van der Waals surface area contributed by atoms with E-state index in [1.807, 2.05) is 18.2 Å². The first kappa shape index (κ1) is 20.3. The van der Waals surface area contributed by atoms with E-state index < -0.39 is 10.0 Å². The van der Waals surface area contributed by atoms with E-state index in [0.29, 0.717) is 13.1 Å². The molecule has 162 valence electrons. The van der Waals surface area contributed by atoms with Crippen molar-refractivity contribution in [2.24, 2.45) is 7.05 Å². The van der Waals surface area contributed by atoms with Crippen LogP contribution in [0.1, 0.15) is 35.4 Å². The molecule has 31 heavy (non-hydrogen) atoms. The Kier molecular flexibility index (Phi) is 5.32. The van der Waals surface area contributed by atoms with Gasteiger partial charge in [0.15, 0.2) is 5.03 Å². The Hall–Kier alpha value is -2.64. The average molecular weight is 437 g/mol. The minimum absolute atomic E-state index is 0.0115. The van der Waals surface area contributed by atoms with Gasteiger partial charge in [-0.1, -0.05) is 36.4 Å². The van der Waals surface area contributed by atoms with Crippen LogP contribution in [0.5, 0.6) is 0 Å². The summed E-state index contributed by atoms with van der Waals surface area (Å²) in [6.45, 7) is 0.848. The largest absolute Gasteiger partial charge is 0.380 e. The van der Waals surface area contributed by atoms with Gasteiger partial charge in [0, 0.05) is 44.0 Å². The van der Waals surface area contributed by atoms with Crippen LogP contribution in [0.3, 0.4) is 0 Å². The van der Waals surface area contributed by atoms with E-state index in [1.165, 1.54) is 30.3 Å². The van der Waals surface area contributed by atoms with Gasteiger partial charge >= 0.3 is 0 Å². The van der Waals surface area contributed by atoms with E-state index >= 15 is 0 Å². The molecule has 0 amide bonds. The maximum absolute atomic E-state index is 13.2. The summed E-state index contributed by atoms with van der Waals surface area (Å²) in [4.78, 5) is 4.10. The summed E-state index contributed by atoms with van der Waals surface area (Å²) in [5.74, 6) is 0.0655. The molecule has 1 aliphatic carbocycles. The van der Waals surface area contributed by atoms with Crippen LogP contribution < -0.4 is 5.32 Å². The van der Waals surface area contributed by atoms with Crippen LogP contribution in [0.4, 0.5) is 5.69 Å². The maximum atomic E-state index is 13.2. The second kappa shape index (κ2) is 8.13. The number of aryl methyl sites for hydroxylation is 3. The zero-order chi connectivity index (χ0) is 21.4. The molecule has 0 unspecified atom stereocenters. The third-order valence-electron chi connectivity index (χ3n) is 6.50. The Labute approximate surface area is 184 Å². The Morgan fingerprint density at radius 1 is 1.00 bits per heavy atom. The number of hydrogen-bond acceptors (Lipinski definition) is 4. The van der Waals surface area contributed by atoms with Crippen molar-refractivity contribution < 1.29 is 8.42 Å². The minimum Gasteiger partial charge on any atom is -0.380 e. The van der Waals surface area contributed by atoms with Crippen LogP contribution in [-0.4, -0.2) is 41.4 Å². The van der Waals surface area contributed by atoms with Crippen molar-refractivity contribution in [1.29, 1.82) is 0 Å². The van der Waals surface area contributed by atoms with Gasteiger partial charge in [-0.25, -0.2) is 13.4 Å². The summed E-state index contributed by atoms with van der Waals surface area (Å²) in [6, 6.07) is 16.8. The zero-order valence-electron chi connectivity index (χ0n) is 17.7. The first-order chi connectivity index (χ1) is 15.0. The molecule has 1 aliphatic heterocycles. The number of nitrogens with one attached hydrogen (secondary N) is 1. The number of imidazole rings is 1. The Bertz CT molecular complexity index is 1170. The first-order valence-electron chi connectivity index (χ1n) is 10.9. The van der Waals surface area contributed by atoms with Crippen LogP contribution in [0, 0.1) is 0 Å². The third kappa shape index (κ3) is 4.00. The molecule has 2 atom stereocenters. The molecule has 2 heterocycles. The van der Waals surface area contributed by atoms with E-state index in [2.05, 4.69) is 40.6 Å². The number of benzene rings is 2. The number of sulfonamides is 1. The molecule has 0 spiro atoms. The summed E-state index contributed by atoms with van der Waals surface area (Å²) >= 11 is 0. The number of aromatic nitrogens is 2. The van der Waals surface area contributed by atoms with Gasteiger partial charge in [0.25, 0.3) is 10.0 Å². The lowest BCUT2D eigenvalue weighted by molar-refractivity contribution is 0.468. The molecule has 3 aromatic rings. The van der Waals surface area contributed by atoms with Crippen molar-refractivity contribution in [1.82, 2.24) is 13.9 Å². The lowest BCUT2D eigenvalue weighted by atomic mass is 9.91. The van der Waals surface area contributed by atoms with Gasteiger partial charge < -0.3 is 9.88 Å². The smallest absolute Gasteiger partial charge is 0.262 e. The van der Waals surface area contributed by atoms with E-state index in [4.69, 9.17) is 0 Å². The summed E-state index contributed by atoms with van der Waals surface area (Å²) in [6.07, 6.45) is 7.87. The number of nitrogens with zero attached hydrogens (tertiary/aromatic N) is 3. The molecule has 7 heteroatoms. The average Bonchev–Trinajstić information content (AvgIpc) is 3.42. The van der Waals surface area contributed by atoms with Crippen LogP contribution >= 0.6 is 0 Å². The van der Waals surface area contributed by atoms with E-state index in [9.17, 15) is 8.42 Å². The van der Waals surface area contributed by atoms with Crippen molar-refractivity contribution in [3.8, 4) is 0 Å². The molecule has 2 aromatic carbocycles. The highest BCUT2D eigenvalue weighted by atomic mass is 32.2. The highest BCUT2D eigenvalue weighted by Crippen LogP contribution is 2.34. The minimum atomic E-state index is -3.64. The van der Waals surface area contributed by atoms with Crippen LogP contribution in [0.15, 0.2) is 66.1 Å². The van der Waals surface area contributed by atoms with Crippen molar-refractivity contribution in [2.45, 2.75) is 42.7 Å². The fourth-order valence-corrected chi connectivity index (χ4v) is 6.30. The van der Waals surface area contributed by atoms with Gasteiger partial charge in [0.2, 0.25) is 0 Å². The molecule has 0 radical (unpaired) electrons. The molecule has 0 bridgehead atoms. The summed E-state index contributed by atoms with van der Waals surface area (Å²) in [5, 5.41) is 3.77. The summed E-state index contributed by atoms with van der Waals surface area (Å²) in [7, 11) is -1.86. The van der Waals surface area contributed by atoms with Gasteiger partial charge in [-0.05, 0) is 54.5 Å². The molecule has 1 saturated heterocycles. The molecule has 1 fully saturated rings. The number of fused-ring (bicyclic) bond motifs is 1. The predicted octanol–water partition coefficient (Wildman–Crippen LogP) is 3.57. The number of hydrogen-bond donors (Lipinski definition) is 1. The van der Waals surface area contributed by atoms with Gasteiger partial charge in [-0.15, -0.1) is 0 Å². The quantitative estimate of drug-likeness (QED) is 0.664. The van der Waals surface area contributed by atoms with Crippen LogP contribution in [-0.2, 0) is 29.9 Å². The van der Waals surface area contributed by atoms with Crippen LogP contribution in [0.25, 0.3) is 0 Å². The lowest BCUT2D eigenvalue weighted by Crippen LogP contribution is -2.32. The summed E-state index contributed by atoms with van der Waals surface area (Å²) in [5.41, 5.74) is 5.09. The molecule has 2 aliphatic rings. The highest BCUT2D eigenvalue weighted by molar-refractivity contribution is 7.89. The second-order valence-electron chi connectivity index (χ2n) is 8.66. The van der Waals surface area contributed by atoms with Crippen molar-refractivity contribution in [3.05, 3.63) is 77.7 Å². The Morgan fingerprint density at radius 3 is 2.52 bits per heavy atom. The first-order valence-corrected chi connectivity index (χ1v) is 12.4. The normalized spacial score (nSPS) is 21.7. The highest BCUT2D eigenvalue weighted by Gasteiger charge is 2.41. The molecule has 6 nitrogen and oxygen atoms in total. The molecule has 5 rings (SSSR count). The van der Waals surface area contributed by atoms with Gasteiger partial charge in [-0.2, -0.15) is 4.31 Å². The fraction of sp³-hybridized carbons (Fsp3) is 0.375. The third-order valence-corrected chi connectivity index (χ3v) is 8.22. The van der Waals surface area contributed by atoms with Crippen molar-refractivity contribution in [2.75, 3.05) is 18.4 Å². The van der Waals surface area contributed by atoms with Gasteiger partial charge in [0.05, 0.1) is 6.33 Å². The molecular weight excluding hydrogens is 408 g/mol. The maximum Gasteiger partial charge on any atom is 0.262 e. The van der Waals surface area contributed by atoms with Crippen molar-refractivity contribution in [3.63, 3.8) is 0 Å². The standard InChI is InChI=1S/C24H28N4O2S/c1-27-16-24(25-17-27)31(29,30)28-14-22(19-8-3-2-4-9-19)23(15-28)26-21-12-11-18-7-5-6-10-20(18)13-21/h2-4,8-9,11-13,16-17,22-23,26H,5-7,10,14-15H2,1H3/t22-,23+/m1/s1. The van der Waals surface area contributed by atoms with E-state index in [-0.39, 0.29) is 17.0 Å². The molecule has 1 N–H and O–H groups in total. The molecular formula is C24H28N4O2S. The zero-order valence-corrected chi connectivity index (χ0v) is 18.6. The van der Waals surface area contributed by atoms with E-state index in [0.717, 1.165) is 24.1 Å².